The number of fused-ring (bicyclic) bond motifs is 1. The van der Waals surface area contributed by atoms with Crippen molar-refractivity contribution in [3.05, 3.63) is 23.3 Å². The quantitative estimate of drug-likeness (QED) is 0.600. The molecule has 0 bridgehead atoms. The van der Waals surface area contributed by atoms with Gasteiger partial charge in [0.2, 0.25) is 0 Å². The highest BCUT2D eigenvalue weighted by atomic mass is 16.5. The van der Waals surface area contributed by atoms with E-state index in [0.29, 0.717) is 5.92 Å². The Morgan fingerprint density at radius 1 is 1.16 bits per heavy atom. The summed E-state index contributed by atoms with van der Waals surface area (Å²) in [5, 5.41) is 0. The molecule has 3 rings (SSSR count). The second kappa shape index (κ2) is 4.87. The predicted molar refractivity (Wildman–Crippen MR) is 72.9 cm³/mol. The van der Waals surface area contributed by atoms with Gasteiger partial charge in [0.15, 0.2) is 0 Å². The molecule has 3 nitrogen and oxygen atoms in total. The van der Waals surface area contributed by atoms with Gasteiger partial charge in [-0.1, -0.05) is 19.3 Å². The Morgan fingerprint density at radius 2 is 1.89 bits per heavy atom. The van der Waals surface area contributed by atoms with E-state index in [9.17, 15) is 4.79 Å². The second-order valence-corrected chi connectivity index (χ2v) is 5.61. The van der Waals surface area contributed by atoms with Gasteiger partial charge in [0, 0.05) is 11.1 Å². The van der Waals surface area contributed by atoms with E-state index in [4.69, 9.17) is 9.47 Å². The average Bonchev–Trinajstić information content (AvgIpc) is 2.73. The number of carbonyl (C=O) groups is 1. The molecule has 0 saturated heterocycles. The lowest BCUT2D eigenvalue weighted by Crippen LogP contribution is -2.06. The summed E-state index contributed by atoms with van der Waals surface area (Å²) in [6, 6.07) is 4.03. The molecule has 1 atom stereocenters. The van der Waals surface area contributed by atoms with Crippen LogP contribution in [0.1, 0.15) is 62.0 Å². The van der Waals surface area contributed by atoms with E-state index in [-0.39, 0.29) is 11.9 Å². The first-order valence-electron chi connectivity index (χ1n) is 7.14. The fraction of sp³-hybridized carbons (Fsp3) is 0.562. The number of esters is 1. The number of ether oxygens (including phenoxy) is 2. The topological polar surface area (TPSA) is 35.5 Å². The molecule has 1 heterocycles. The number of benzene rings is 1. The van der Waals surface area contributed by atoms with Crippen molar-refractivity contribution < 1.29 is 14.3 Å². The molecular weight excluding hydrogens is 240 g/mol. The molecule has 1 aliphatic carbocycles. The van der Waals surface area contributed by atoms with E-state index in [1.54, 1.807) is 7.11 Å². The SMILES string of the molecule is COc1cc2c(cc1C1CCCCC1)OC(=O)C2C. The van der Waals surface area contributed by atoms with E-state index in [2.05, 4.69) is 0 Å². The van der Waals surface area contributed by atoms with Crippen molar-refractivity contribution >= 4 is 5.97 Å². The summed E-state index contributed by atoms with van der Waals surface area (Å²) in [6.45, 7) is 1.88. The molecule has 1 unspecified atom stereocenters. The molecule has 19 heavy (non-hydrogen) atoms. The van der Waals surface area contributed by atoms with Crippen LogP contribution in [-0.2, 0) is 4.79 Å². The highest BCUT2D eigenvalue weighted by Gasteiger charge is 2.32. The summed E-state index contributed by atoms with van der Waals surface area (Å²) in [7, 11) is 1.70. The fourth-order valence-electron chi connectivity index (χ4n) is 3.25. The largest absolute Gasteiger partial charge is 0.496 e. The molecule has 0 amide bonds. The Labute approximate surface area is 113 Å². The molecule has 1 aliphatic heterocycles. The van der Waals surface area contributed by atoms with Crippen LogP contribution in [0, 0.1) is 0 Å². The fourth-order valence-corrected chi connectivity index (χ4v) is 3.25. The summed E-state index contributed by atoms with van der Waals surface area (Å²) < 4.78 is 10.9. The molecule has 3 heteroatoms. The van der Waals surface area contributed by atoms with Crippen molar-refractivity contribution in [3.8, 4) is 11.5 Å². The highest BCUT2D eigenvalue weighted by Crippen LogP contribution is 2.44. The molecular formula is C16H20O3. The maximum atomic E-state index is 11.7. The monoisotopic (exact) mass is 260 g/mol. The van der Waals surface area contributed by atoms with Gasteiger partial charge in [-0.05, 0) is 37.8 Å². The summed E-state index contributed by atoms with van der Waals surface area (Å²) in [4.78, 5) is 11.7. The number of methoxy groups -OCH3 is 1. The lowest BCUT2D eigenvalue weighted by molar-refractivity contribution is -0.133. The van der Waals surface area contributed by atoms with E-state index in [1.807, 2.05) is 19.1 Å². The van der Waals surface area contributed by atoms with Gasteiger partial charge >= 0.3 is 5.97 Å². The first-order valence-corrected chi connectivity index (χ1v) is 7.14. The highest BCUT2D eigenvalue weighted by molar-refractivity contribution is 5.86. The number of carbonyl (C=O) groups excluding carboxylic acids is 1. The van der Waals surface area contributed by atoms with Crippen molar-refractivity contribution in [1.82, 2.24) is 0 Å². The Balaban J connectivity index is 2.00. The summed E-state index contributed by atoms with van der Waals surface area (Å²) >= 11 is 0. The van der Waals surface area contributed by atoms with Crippen molar-refractivity contribution in [2.45, 2.75) is 50.9 Å². The van der Waals surface area contributed by atoms with Crippen LogP contribution >= 0.6 is 0 Å². The van der Waals surface area contributed by atoms with Crippen molar-refractivity contribution in [2.24, 2.45) is 0 Å². The van der Waals surface area contributed by atoms with Crippen LogP contribution in [0.4, 0.5) is 0 Å². The maximum Gasteiger partial charge on any atom is 0.318 e. The van der Waals surface area contributed by atoms with E-state index in [1.165, 1.54) is 37.7 Å². The summed E-state index contributed by atoms with van der Waals surface area (Å²) in [6.07, 6.45) is 6.30. The minimum absolute atomic E-state index is 0.155. The van der Waals surface area contributed by atoms with Crippen LogP contribution in [0.25, 0.3) is 0 Å². The molecule has 0 N–H and O–H groups in total. The van der Waals surface area contributed by atoms with Crippen LogP contribution < -0.4 is 9.47 Å². The Hall–Kier alpha value is -1.51. The average molecular weight is 260 g/mol. The van der Waals surface area contributed by atoms with Crippen LogP contribution in [0.15, 0.2) is 12.1 Å². The lowest BCUT2D eigenvalue weighted by Gasteiger charge is -2.24. The molecule has 0 spiro atoms. The van der Waals surface area contributed by atoms with Gasteiger partial charge in [-0.15, -0.1) is 0 Å². The third kappa shape index (κ3) is 2.11. The summed E-state index contributed by atoms with van der Waals surface area (Å²) in [5.74, 6) is 1.86. The first kappa shape index (κ1) is 12.5. The zero-order valence-electron chi connectivity index (χ0n) is 11.6. The molecule has 1 fully saturated rings. The van der Waals surface area contributed by atoms with Gasteiger partial charge in [-0.2, -0.15) is 0 Å². The van der Waals surface area contributed by atoms with Gasteiger partial charge < -0.3 is 9.47 Å². The molecule has 1 saturated carbocycles. The van der Waals surface area contributed by atoms with Gasteiger partial charge in [0.05, 0.1) is 13.0 Å². The molecule has 1 aromatic carbocycles. The molecule has 0 radical (unpaired) electrons. The van der Waals surface area contributed by atoms with Gasteiger partial charge in [-0.3, -0.25) is 4.79 Å². The van der Waals surface area contributed by atoms with Gasteiger partial charge in [0.1, 0.15) is 11.5 Å². The Kier molecular flexibility index (Phi) is 3.21. The zero-order chi connectivity index (χ0) is 13.4. The minimum Gasteiger partial charge on any atom is -0.496 e. The third-order valence-electron chi connectivity index (χ3n) is 4.44. The summed E-state index contributed by atoms with van der Waals surface area (Å²) in [5.41, 5.74) is 2.17. The van der Waals surface area contributed by atoms with E-state index >= 15 is 0 Å². The predicted octanol–water partition coefficient (Wildman–Crippen LogP) is 3.77. The van der Waals surface area contributed by atoms with Crippen molar-refractivity contribution in [3.63, 3.8) is 0 Å². The molecule has 1 aromatic rings. The first-order chi connectivity index (χ1) is 9.20. The Bertz CT molecular complexity index is 501. The molecule has 102 valence electrons. The van der Waals surface area contributed by atoms with Gasteiger partial charge in [0.25, 0.3) is 0 Å². The normalized spacial score (nSPS) is 23.1. The minimum atomic E-state index is -0.177. The maximum absolute atomic E-state index is 11.7. The molecule has 2 aliphatic rings. The lowest BCUT2D eigenvalue weighted by atomic mass is 9.83. The number of hydrogen-bond donors (Lipinski definition) is 0. The van der Waals surface area contributed by atoms with Crippen LogP contribution in [0.3, 0.4) is 0 Å². The molecule has 0 aromatic heterocycles. The van der Waals surface area contributed by atoms with Crippen LogP contribution in [0.2, 0.25) is 0 Å². The van der Waals surface area contributed by atoms with Crippen LogP contribution in [-0.4, -0.2) is 13.1 Å². The van der Waals surface area contributed by atoms with Gasteiger partial charge in [-0.25, -0.2) is 0 Å². The third-order valence-corrected chi connectivity index (χ3v) is 4.44. The van der Waals surface area contributed by atoms with Crippen molar-refractivity contribution in [2.75, 3.05) is 7.11 Å². The second-order valence-electron chi connectivity index (χ2n) is 5.61. The Morgan fingerprint density at radius 3 is 2.58 bits per heavy atom. The van der Waals surface area contributed by atoms with E-state index < -0.39 is 0 Å². The smallest absolute Gasteiger partial charge is 0.318 e. The van der Waals surface area contributed by atoms with E-state index in [0.717, 1.165) is 17.1 Å². The number of hydrogen-bond acceptors (Lipinski definition) is 3. The standard InChI is InChI=1S/C16H20O3/c1-10-12-8-14(18-2)13(9-15(12)19-16(10)17)11-6-4-3-5-7-11/h8-11H,3-7H2,1-2H3. The van der Waals surface area contributed by atoms with Crippen LogP contribution in [0.5, 0.6) is 11.5 Å². The zero-order valence-corrected chi connectivity index (χ0v) is 11.6. The van der Waals surface area contributed by atoms with Crippen molar-refractivity contribution in [1.29, 1.82) is 0 Å². The number of rotatable bonds is 2.